The van der Waals surface area contributed by atoms with Gasteiger partial charge in [0.05, 0.1) is 0 Å². The summed E-state index contributed by atoms with van der Waals surface area (Å²) >= 11 is 0. The SMILES string of the molecule is CC1C=CC1CC1C=C(COC(=O)NCCN(C)C)C1C. The molecule has 4 nitrogen and oxygen atoms in total. The monoisotopic (exact) mass is 292 g/mol. The first-order valence-electron chi connectivity index (χ1n) is 7.91. The third kappa shape index (κ3) is 4.34. The Kier molecular flexibility index (Phi) is 5.45. The topological polar surface area (TPSA) is 41.6 Å². The molecule has 0 aliphatic heterocycles. The van der Waals surface area contributed by atoms with Gasteiger partial charge in [0, 0.05) is 13.1 Å². The summed E-state index contributed by atoms with van der Waals surface area (Å²) in [6, 6.07) is 0. The van der Waals surface area contributed by atoms with Crippen LogP contribution in [0.25, 0.3) is 0 Å². The molecule has 1 N–H and O–H groups in total. The van der Waals surface area contributed by atoms with E-state index in [9.17, 15) is 4.79 Å². The fraction of sp³-hybridized carbons (Fsp3) is 0.706. The number of likely N-dealkylation sites (N-methyl/N-ethyl adjacent to an activating group) is 1. The predicted octanol–water partition coefficient (Wildman–Crippen LogP) is 2.68. The van der Waals surface area contributed by atoms with Gasteiger partial charge in [-0.2, -0.15) is 0 Å². The normalized spacial score (nSPS) is 30.4. The van der Waals surface area contributed by atoms with Crippen LogP contribution in [0.2, 0.25) is 0 Å². The van der Waals surface area contributed by atoms with Crippen molar-refractivity contribution in [2.75, 3.05) is 33.8 Å². The first-order valence-corrected chi connectivity index (χ1v) is 7.91. The number of nitrogens with zero attached hydrogens (tertiary/aromatic N) is 1. The van der Waals surface area contributed by atoms with Gasteiger partial charge in [-0.05, 0) is 49.8 Å². The molecule has 2 aliphatic carbocycles. The lowest BCUT2D eigenvalue weighted by Crippen LogP contribution is -2.34. The Balaban J connectivity index is 1.63. The number of ether oxygens (including phenoxy) is 1. The van der Waals surface area contributed by atoms with Crippen LogP contribution in [0.4, 0.5) is 4.79 Å². The lowest BCUT2D eigenvalue weighted by molar-refractivity contribution is 0.146. The van der Waals surface area contributed by atoms with Gasteiger partial charge in [0.15, 0.2) is 0 Å². The number of hydrogen-bond acceptors (Lipinski definition) is 3. The minimum Gasteiger partial charge on any atom is -0.445 e. The van der Waals surface area contributed by atoms with Gasteiger partial charge in [0.25, 0.3) is 0 Å². The summed E-state index contributed by atoms with van der Waals surface area (Å²) < 4.78 is 5.26. The van der Waals surface area contributed by atoms with E-state index < -0.39 is 0 Å². The summed E-state index contributed by atoms with van der Waals surface area (Å²) in [7, 11) is 3.96. The molecular weight excluding hydrogens is 264 g/mol. The van der Waals surface area contributed by atoms with E-state index in [-0.39, 0.29) is 6.09 Å². The standard InChI is InChI=1S/C17H28N2O2/c1-12-5-6-14(12)9-15-10-16(13(15)2)11-21-17(20)18-7-8-19(3)4/h5-6,10,12-15H,7-9,11H2,1-4H3,(H,18,20). The van der Waals surface area contributed by atoms with Crippen molar-refractivity contribution in [3.8, 4) is 0 Å². The summed E-state index contributed by atoms with van der Waals surface area (Å²) in [5.41, 5.74) is 1.26. The molecule has 4 unspecified atom stereocenters. The molecule has 0 bridgehead atoms. The summed E-state index contributed by atoms with van der Waals surface area (Å²) in [5, 5.41) is 2.76. The molecule has 1 amide bonds. The van der Waals surface area contributed by atoms with Crippen LogP contribution < -0.4 is 5.32 Å². The smallest absolute Gasteiger partial charge is 0.407 e. The van der Waals surface area contributed by atoms with Gasteiger partial charge in [-0.1, -0.05) is 32.1 Å². The molecule has 0 fully saturated rings. The van der Waals surface area contributed by atoms with Crippen LogP contribution in [-0.2, 0) is 4.74 Å². The first-order chi connectivity index (χ1) is 9.97. The maximum atomic E-state index is 11.5. The Bertz CT molecular complexity index is 429. The summed E-state index contributed by atoms with van der Waals surface area (Å²) in [4.78, 5) is 13.6. The van der Waals surface area contributed by atoms with Gasteiger partial charge in [-0.3, -0.25) is 0 Å². The Labute approximate surface area is 128 Å². The van der Waals surface area contributed by atoms with Crippen molar-refractivity contribution in [3.63, 3.8) is 0 Å². The largest absolute Gasteiger partial charge is 0.445 e. The van der Waals surface area contributed by atoms with Gasteiger partial charge in [0.1, 0.15) is 6.61 Å². The molecule has 2 aliphatic rings. The molecule has 0 saturated carbocycles. The fourth-order valence-corrected chi connectivity index (χ4v) is 2.86. The Hall–Kier alpha value is -1.29. The average Bonchev–Trinajstić information content (AvgIpc) is 2.43. The minimum absolute atomic E-state index is 0.316. The van der Waals surface area contributed by atoms with Crippen LogP contribution in [0.1, 0.15) is 20.3 Å². The fourth-order valence-electron chi connectivity index (χ4n) is 2.86. The average molecular weight is 292 g/mol. The number of amides is 1. The first kappa shape index (κ1) is 16.1. The third-order valence-corrected chi connectivity index (χ3v) is 4.74. The van der Waals surface area contributed by atoms with Gasteiger partial charge in [-0.25, -0.2) is 4.79 Å². The molecular formula is C17H28N2O2. The van der Waals surface area contributed by atoms with Gasteiger partial charge in [-0.15, -0.1) is 0 Å². The molecule has 4 atom stereocenters. The molecule has 21 heavy (non-hydrogen) atoms. The van der Waals surface area contributed by atoms with Crippen LogP contribution in [0.15, 0.2) is 23.8 Å². The number of carbonyl (C=O) groups is 1. The highest BCUT2D eigenvalue weighted by Crippen LogP contribution is 2.41. The molecule has 0 aromatic rings. The number of carbonyl (C=O) groups excluding carboxylic acids is 1. The van der Waals surface area contributed by atoms with Gasteiger partial charge >= 0.3 is 6.09 Å². The quantitative estimate of drug-likeness (QED) is 0.734. The molecule has 0 radical (unpaired) electrons. The molecule has 0 saturated heterocycles. The molecule has 0 spiro atoms. The van der Waals surface area contributed by atoms with Crippen molar-refractivity contribution in [3.05, 3.63) is 23.8 Å². The Morgan fingerprint density at radius 1 is 1.29 bits per heavy atom. The van der Waals surface area contributed by atoms with Crippen LogP contribution in [-0.4, -0.2) is 44.8 Å². The second kappa shape index (κ2) is 7.12. The second-order valence-corrected chi connectivity index (χ2v) is 6.64. The molecule has 0 heterocycles. The van der Waals surface area contributed by atoms with Crippen molar-refractivity contribution in [2.45, 2.75) is 20.3 Å². The highest BCUT2D eigenvalue weighted by molar-refractivity contribution is 5.67. The highest BCUT2D eigenvalue weighted by atomic mass is 16.5. The zero-order chi connectivity index (χ0) is 15.4. The maximum Gasteiger partial charge on any atom is 0.407 e. The lowest BCUT2D eigenvalue weighted by Gasteiger charge is -2.38. The number of hydrogen-bond donors (Lipinski definition) is 1. The van der Waals surface area contributed by atoms with Crippen LogP contribution >= 0.6 is 0 Å². The van der Waals surface area contributed by atoms with Crippen LogP contribution in [0.5, 0.6) is 0 Å². The molecule has 0 aromatic carbocycles. The zero-order valence-electron chi connectivity index (χ0n) is 13.6. The van der Waals surface area contributed by atoms with Crippen molar-refractivity contribution in [1.82, 2.24) is 10.2 Å². The molecule has 118 valence electrons. The number of rotatable bonds is 7. The van der Waals surface area contributed by atoms with Gasteiger partial charge in [0.2, 0.25) is 0 Å². The predicted molar refractivity (Wildman–Crippen MR) is 85.1 cm³/mol. The number of allylic oxidation sites excluding steroid dienone is 3. The van der Waals surface area contributed by atoms with E-state index in [0.29, 0.717) is 25.0 Å². The van der Waals surface area contributed by atoms with Crippen molar-refractivity contribution >= 4 is 6.09 Å². The molecule has 0 aromatic heterocycles. The molecule has 4 heteroatoms. The van der Waals surface area contributed by atoms with E-state index in [0.717, 1.165) is 18.4 Å². The van der Waals surface area contributed by atoms with Crippen LogP contribution in [0, 0.1) is 23.7 Å². The van der Waals surface area contributed by atoms with E-state index >= 15 is 0 Å². The van der Waals surface area contributed by atoms with E-state index in [1.165, 1.54) is 12.0 Å². The minimum atomic E-state index is -0.316. The lowest BCUT2D eigenvalue weighted by atomic mass is 9.68. The van der Waals surface area contributed by atoms with E-state index in [1.807, 2.05) is 19.0 Å². The van der Waals surface area contributed by atoms with Crippen molar-refractivity contribution < 1.29 is 9.53 Å². The summed E-state index contributed by atoms with van der Waals surface area (Å²) in [5.74, 6) is 2.66. The Morgan fingerprint density at radius 2 is 2.05 bits per heavy atom. The van der Waals surface area contributed by atoms with E-state index in [4.69, 9.17) is 4.74 Å². The second-order valence-electron chi connectivity index (χ2n) is 6.64. The summed E-state index contributed by atoms with van der Waals surface area (Å²) in [6.07, 6.45) is 7.80. The maximum absolute atomic E-state index is 11.5. The number of nitrogens with one attached hydrogen (secondary N) is 1. The molecule has 2 rings (SSSR count). The summed E-state index contributed by atoms with van der Waals surface area (Å²) in [6.45, 7) is 6.39. The van der Waals surface area contributed by atoms with E-state index in [2.05, 4.69) is 37.4 Å². The zero-order valence-corrected chi connectivity index (χ0v) is 13.6. The van der Waals surface area contributed by atoms with Gasteiger partial charge < -0.3 is 15.0 Å². The van der Waals surface area contributed by atoms with E-state index in [1.54, 1.807) is 0 Å². The Morgan fingerprint density at radius 3 is 2.57 bits per heavy atom. The number of alkyl carbamates (subject to hydrolysis) is 1. The van der Waals surface area contributed by atoms with Crippen LogP contribution in [0.3, 0.4) is 0 Å². The highest BCUT2D eigenvalue weighted by Gasteiger charge is 2.33. The van der Waals surface area contributed by atoms with Crippen molar-refractivity contribution in [2.24, 2.45) is 23.7 Å². The third-order valence-electron chi connectivity index (χ3n) is 4.74. The van der Waals surface area contributed by atoms with Crippen molar-refractivity contribution in [1.29, 1.82) is 0 Å².